The number of aryl methyl sites for hydroxylation is 4. The SMILES string of the molecule is CC(=O)c1sccc1C(=O)Nc1nc(C)c(C(=O)Nc2c(C)cc(C)cc2C)s1. The lowest BCUT2D eigenvalue weighted by Gasteiger charge is -2.12. The number of hydrogen-bond acceptors (Lipinski definition) is 6. The van der Waals surface area contributed by atoms with E-state index in [9.17, 15) is 14.4 Å². The molecule has 0 aliphatic heterocycles. The van der Waals surface area contributed by atoms with Crippen molar-refractivity contribution in [1.29, 1.82) is 0 Å². The van der Waals surface area contributed by atoms with Gasteiger partial charge in [-0.15, -0.1) is 11.3 Å². The van der Waals surface area contributed by atoms with Crippen LogP contribution in [0.3, 0.4) is 0 Å². The first-order valence-electron chi connectivity index (χ1n) is 8.93. The van der Waals surface area contributed by atoms with Crippen LogP contribution in [0, 0.1) is 27.7 Å². The number of aromatic nitrogens is 1. The number of carbonyl (C=O) groups excluding carboxylic acids is 3. The Bertz CT molecular complexity index is 1110. The van der Waals surface area contributed by atoms with Crippen LogP contribution >= 0.6 is 22.7 Å². The Morgan fingerprint density at radius 2 is 1.59 bits per heavy atom. The molecule has 8 heteroatoms. The van der Waals surface area contributed by atoms with Crippen LogP contribution in [0.15, 0.2) is 23.6 Å². The highest BCUT2D eigenvalue weighted by Gasteiger charge is 2.21. The maximum Gasteiger partial charge on any atom is 0.267 e. The van der Waals surface area contributed by atoms with Gasteiger partial charge in [0, 0.05) is 5.69 Å². The van der Waals surface area contributed by atoms with Crippen molar-refractivity contribution in [2.24, 2.45) is 0 Å². The molecule has 0 saturated carbocycles. The van der Waals surface area contributed by atoms with Gasteiger partial charge in [0.05, 0.1) is 16.1 Å². The second kappa shape index (κ2) is 8.26. The van der Waals surface area contributed by atoms with E-state index < -0.39 is 5.91 Å². The zero-order valence-corrected chi connectivity index (χ0v) is 18.4. The van der Waals surface area contributed by atoms with Gasteiger partial charge in [0.15, 0.2) is 10.9 Å². The van der Waals surface area contributed by atoms with E-state index >= 15 is 0 Å². The average Bonchev–Trinajstić information content (AvgIpc) is 3.24. The summed E-state index contributed by atoms with van der Waals surface area (Å²) < 4.78 is 0. The minimum atomic E-state index is -0.414. The molecule has 0 aliphatic carbocycles. The molecule has 3 aromatic rings. The number of carbonyl (C=O) groups is 3. The molecule has 0 unspecified atom stereocenters. The first-order chi connectivity index (χ1) is 13.7. The molecule has 0 bridgehead atoms. The zero-order valence-electron chi connectivity index (χ0n) is 16.8. The van der Waals surface area contributed by atoms with E-state index in [0.29, 0.717) is 26.1 Å². The summed E-state index contributed by atoms with van der Waals surface area (Å²) in [6, 6.07) is 5.64. The van der Waals surface area contributed by atoms with E-state index in [0.717, 1.165) is 33.7 Å². The molecule has 1 aromatic carbocycles. The van der Waals surface area contributed by atoms with Crippen molar-refractivity contribution in [3.05, 3.63) is 61.3 Å². The van der Waals surface area contributed by atoms with Gasteiger partial charge in [-0.2, -0.15) is 0 Å². The van der Waals surface area contributed by atoms with Crippen LogP contribution in [-0.4, -0.2) is 22.6 Å². The van der Waals surface area contributed by atoms with Crippen LogP contribution in [0.1, 0.15) is 59.0 Å². The normalized spacial score (nSPS) is 10.7. The average molecular weight is 428 g/mol. The Labute approximate surface area is 177 Å². The molecule has 2 heterocycles. The first-order valence-corrected chi connectivity index (χ1v) is 10.6. The fourth-order valence-electron chi connectivity index (χ4n) is 3.13. The Morgan fingerprint density at radius 1 is 0.931 bits per heavy atom. The summed E-state index contributed by atoms with van der Waals surface area (Å²) in [4.78, 5) is 42.1. The summed E-state index contributed by atoms with van der Waals surface area (Å²) in [5, 5.41) is 7.66. The number of anilines is 2. The summed E-state index contributed by atoms with van der Waals surface area (Å²) in [5.41, 5.74) is 4.73. The minimum Gasteiger partial charge on any atom is -0.321 e. The molecule has 3 rings (SSSR count). The second-order valence-corrected chi connectivity index (χ2v) is 8.75. The van der Waals surface area contributed by atoms with E-state index in [2.05, 4.69) is 15.6 Å². The van der Waals surface area contributed by atoms with E-state index in [1.165, 1.54) is 18.3 Å². The van der Waals surface area contributed by atoms with E-state index in [1.807, 2.05) is 32.9 Å². The number of ketones is 1. The van der Waals surface area contributed by atoms with Gasteiger partial charge >= 0.3 is 0 Å². The lowest BCUT2D eigenvalue weighted by atomic mass is 10.1. The maximum absolute atomic E-state index is 12.8. The molecule has 6 nitrogen and oxygen atoms in total. The Balaban J connectivity index is 1.80. The standard InChI is InChI=1S/C21H21N3O3S2/c1-10-8-11(2)16(12(3)9-10)23-20(27)17-13(4)22-21(29-17)24-19(26)15-6-7-28-18(15)14(5)25/h6-9H,1-5H3,(H,23,27)(H,22,24,26). The fourth-order valence-corrected chi connectivity index (χ4v) is 4.78. The van der Waals surface area contributed by atoms with Crippen molar-refractivity contribution < 1.29 is 14.4 Å². The number of thiazole rings is 1. The lowest BCUT2D eigenvalue weighted by molar-refractivity contribution is 0.0989. The van der Waals surface area contributed by atoms with Crippen molar-refractivity contribution in [3.8, 4) is 0 Å². The number of rotatable bonds is 5. The lowest BCUT2D eigenvalue weighted by Crippen LogP contribution is -2.14. The molecule has 0 aliphatic rings. The number of Topliss-reactive ketones (excluding diaryl/α,β-unsaturated/α-hetero) is 1. The number of hydrogen-bond donors (Lipinski definition) is 2. The molecule has 0 saturated heterocycles. The number of thiophene rings is 1. The quantitative estimate of drug-likeness (QED) is 0.552. The van der Waals surface area contributed by atoms with Gasteiger partial charge in [0.1, 0.15) is 4.88 Å². The number of nitrogens with zero attached hydrogens (tertiary/aromatic N) is 1. The third kappa shape index (κ3) is 4.44. The third-order valence-corrected chi connectivity index (χ3v) is 6.46. The third-order valence-electron chi connectivity index (χ3n) is 4.37. The highest BCUT2D eigenvalue weighted by molar-refractivity contribution is 7.18. The summed E-state index contributed by atoms with van der Waals surface area (Å²) in [6.07, 6.45) is 0. The fraction of sp³-hybridized carbons (Fsp3) is 0.238. The summed E-state index contributed by atoms with van der Waals surface area (Å²) in [7, 11) is 0. The van der Waals surface area contributed by atoms with Crippen molar-refractivity contribution in [3.63, 3.8) is 0 Å². The van der Waals surface area contributed by atoms with Crippen molar-refractivity contribution in [2.75, 3.05) is 10.6 Å². The first kappa shape index (κ1) is 20.9. The predicted molar refractivity (Wildman–Crippen MR) is 118 cm³/mol. The van der Waals surface area contributed by atoms with E-state index in [1.54, 1.807) is 18.4 Å². The molecule has 0 radical (unpaired) electrons. The molecular formula is C21H21N3O3S2. The smallest absolute Gasteiger partial charge is 0.267 e. The highest BCUT2D eigenvalue weighted by Crippen LogP contribution is 2.27. The van der Waals surface area contributed by atoms with Crippen LogP contribution in [0.2, 0.25) is 0 Å². The van der Waals surface area contributed by atoms with E-state index in [4.69, 9.17) is 0 Å². The number of amides is 2. The second-order valence-electron chi connectivity index (χ2n) is 6.84. The van der Waals surface area contributed by atoms with Gasteiger partial charge in [0.25, 0.3) is 11.8 Å². The molecular weight excluding hydrogens is 406 g/mol. The van der Waals surface area contributed by atoms with Crippen LogP contribution in [0.5, 0.6) is 0 Å². The van der Waals surface area contributed by atoms with Crippen LogP contribution in [0.4, 0.5) is 10.8 Å². The Hall–Kier alpha value is -2.84. The number of nitrogens with one attached hydrogen (secondary N) is 2. The summed E-state index contributed by atoms with van der Waals surface area (Å²) in [6.45, 7) is 9.07. The topological polar surface area (TPSA) is 88.2 Å². The van der Waals surface area contributed by atoms with Gasteiger partial charge < -0.3 is 5.32 Å². The maximum atomic E-state index is 12.8. The molecule has 2 amide bonds. The predicted octanol–water partition coefficient (Wildman–Crippen LogP) is 5.15. The monoisotopic (exact) mass is 427 g/mol. The van der Waals surface area contributed by atoms with Crippen LogP contribution in [0.25, 0.3) is 0 Å². The van der Waals surface area contributed by atoms with Crippen LogP contribution < -0.4 is 10.6 Å². The Kier molecular flexibility index (Phi) is 5.95. The molecule has 150 valence electrons. The van der Waals surface area contributed by atoms with Gasteiger partial charge in [-0.25, -0.2) is 4.98 Å². The van der Waals surface area contributed by atoms with Gasteiger partial charge in [-0.05, 0) is 57.2 Å². The van der Waals surface area contributed by atoms with E-state index in [-0.39, 0.29) is 11.7 Å². The molecule has 2 aromatic heterocycles. The van der Waals surface area contributed by atoms with Gasteiger partial charge in [0.2, 0.25) is 0 Å². The molecule has 0 atom stereocenters. The number of benzene rings is 1. The van der Waals surface area contributed by atoms with Crippen molar-refractivity contribution in [2.45, 2.75) is 34.6 Å². The van der Waals surface area contributed by atoms with Crippen LogP contribution in [-0.2, 0) is 0 Å². The molecule has 0 spiro atoms. The minimum absolute atomic E-state index is 0.163. The highest BCUT2D eigenvalue weighted by atomic mass is 32.1. The Morgan fingerprint density at radius 3 is 2.21 bits per heavy atom. The molecule has 29 heavy (non-hydrogen) atoms. The summed E-state index contributed by atoms with van der Waals surface area (Å²) in [5.74, 6) is -0.845. The van der Waals surface area contributed by atoms with Gasteiger partial charge in [-0.1, -0.05) is 29.0 Å². The van der Waals surface area contributed by atoms with Crippen molar-refractivity contribution in [1.82, 2.24) is 4.98 Å². The summed E-state index contributed by atoms with van der Waals surface area (Å²) >= 11 is 2.33. The molecule has 2 N–H and O–H groups in total. The largest absolute Gasteiger partial charge is 0.321 e. The molecule has 0 fully saturated rings. The van der Waals surface area contributed by atoms with Crippen molar-refractivity contribution >= 4 is 51.1 Å². The van der Waals surface area contributed by atoms with Gasteiger partial charge in [-0.3, -0.25) is 19.7 Å². The zero-order chi connectivity index (χ0) is 21.3.